The van der Waals surface area contributed by atoms with Crippen molar-refractivity contribution in [1.82, 2.24) is 0 Å². The molecule has 2 nitrogen and oxygen atoms in total. The Hall–Kier alpha value is -3.62. The molecule has 0 heterocycles. The summed E-state index contributed by atoms with van der Waals surface area (Å²) in [5, 5.41) is 9.38. The molecule has 0 bridgehead atoms. The second kappa shape index (κ2) is 7.30. The first-order valence-corrected chi connectivity index (χ1v) is 7.97. The zero-order valence-electron chi connectivity index (χ0n) is 13.9. The minimum absolute atomic E-state index is 0.108. The molecule has 0 fully saturated rings. The molecule has 0 saturated heterocycles. The van der Waals surface area contributed by atoms with E-state index in [0.717, 1.165) is 27.8 Å². The van der Waals surface area contributed by atoms with E-state index in [2.05, 4.69) is 17.0 Å². The quantitative estimate of drug-likeness (QED) is 0.438. The lowest BCUT2D eigenvalue weighted by Crippen LogP contribution is -1.92. The molecule has 0 N–H and O–H groups in total. The summed E-state index contributed by atoms with van der Waals surface area (Å²) in [6.45, 7) is 9.37. The first-order chi connectivity index (χ1) is 12.2. The highest BCUT2D eigenvalue weighted by atomic mass is 14.7. The Morgan fingerprint density at radius 2 is 1.32 bits per heavy atom. The maximum Gasteiger partial charge on any atom is 0.270 e. The number of rotatable bonds is 3. The van der Waals surface area contributed by atoms with Gasteiger partial charge in [0.1, 0.15) is 0 Å². The number of benzene rings is 3. The van der Waals surface area contributed by atoms with Crippen LogP contribution in [0.5, 0.6) is 0 Å². The lowest BCUT2D eigenvalue weighted by molar-refractivity contribution is 1.43. The van der Waals surface area contributed by atoms with E-state index in [1.54, 1.807) is 0 Å². The number of aryl methyl sites for hydroxylation is 1. The van der Waals surface area contributed by atoms with Gasteiger partial charge in [-0.15, -0.1) is 0 Å². The molecule has 2 heteroatoms. The molecule has 118 valence electrons. The Labute approximate surface area is 148 Å². The van der Waals surface area contributed by atoms with Gasteiger partial charge in [-0.2, -0.15) is 0 Å². The van der Waals surface area contributed by atoms with Crippen LogP contribution in [0.25, 0.3) is 21.5 Å². The number of nitriles is 1. The number of hydrogen-bond acceptors (Lipinski definition) is 1. The van der Waals surface area contributed by atoms with Gasteiger partial charge in [0.15, 0.2) is 0 Å². The number of hydrogen-bond donors (Lipinski definition) is 0. The van der Waals surface area contributed by atoms with Crippen LogP contribution in [-0.2, 0) is 0 Å². The van der Waals surface area contributed by atoms with Gasteiger partial charge in [-0.05, 0) is 29.2 Å². The van der Waals surface area contributed by atoms with Crippen LogP contribution in [0.2, 0.25) is 0 Å². The van der Waals surface area contributed by atoms with E-state index < -0.39 is 0 Å². The summed E-state index contributed by atoms with van der Waals surface area (Å²) < 4.78 is 0. The second-order valence-corrected chi connectivity index (χ2v) is 5.76. The summed E-state index contributed by atoms with van der Waals surface area (Å²) in [5.41, 5.74) is 5.92. The third-order valence-electron chi connectivity index (χ3n) is 4.08. The molecule has 0 spiro atoms. The molecule has 0 amide bonds. The maximum absolute atomic E-state index is 9.38. The van der Waals surface area contributed by atoms with E-state index in [9.17, 15) is 5.26 Å². The SMILES string of the molecule is [C-]#[N+]/C(C#N)=C(\c1ccc(C)cc1)c1ccc(-c2ccccc2)cc1. The average molecular weight is 320 g/mol. The third-order valence-corrected chi connectivity index (χ3v) is 4.08. The molecule has 0 aliphatic carbocycles. The monoisotopic (exact) mass is 320 g/mol. The normalized spacial score (nSPS) is 11.2. The highest BCUT2D eigenvalue weighted by Gasteiger charge is 2.12. The van der Waals surface area contributed by atoms with Gasteiger partial charge in [-0.1, -0.05) is 84.4 Å². The van der Waals surface area contributed by atoms with Crippen molar-refractivity contribution in [1.29, 1.82) is 5.26 Å². The largest absolute Gasteiger partial charge is 0.270 e. The molecule has 0 radical (unpaired) electrons. The lowest BCUT2D eigenvalue weighted by atomic mass is 9.94. The van der Waals surface area contributed by atoms with Crippen LogP contribution in [0.15, 0.2) is 84.6 Å². The number of nitrogens with zero attached hydrogens (tertiary/aromatic N) is 2. The molecule has 3 aromatic rings. The van der Waals surface area contributed by atoms with Gasteiger partial charge in [0.2, 0.25) is 0 Å². The average Bonchev–Trinajstić information content (AvgIpc) is 2.68. The van der Waals surface area contributed by atoms with Gasteiger partial charge >= 0.3 is 0 Å². The van der Waals surface area contributed by atoms with Crippen molar-refractivity contribution in [3.63, 3.8) is 0 Å². The third kappa shape index (κ3) is 3.50. The van der Waals surface area contributed by atoms with Crippen molar-refractivity contribution in [3.05, 3.63) is 113 Å². The fourth-order valence-electron chi connectivity index (χ4n) is 2.76. The van der Waals surface area contributed by atoms with Crippen molar-refractivity contribution in [2.24, 2.45) is 0 Å². The van der Waals surface area contributed by atoms with Crippen molar-refractivity contribution >= 4 is 5.57 Å². The van der Waals surface area contributed by atoms with Gasteiger partial charge in [0.25, 0.3) is 5.70 Å². The first-order valence-electron chi connectivity index (χ1n) is 7.97. The molecule has 3 rings (SSSR count). The molecule has 0 aromatic heterocycles. The van der Waals surface area contributed by atoms with E-state index >= 15 is 0 Å². The van der Waals surface area contributed by atoms with E-state index in [4.69, 9.17) is 6.57 Å². The van der Waals surface area contributed by atoms with Crippen LogP contribution in [0, 0.1) is 24.8 Å². The zero-order valence-corrected chi connectivity index (χ0v) is 13.9. The molecule has 0 atom stereocenters. The Kier molecular flexibility index (Phi) is 4.74. The minimum Gasteiger partial charge on any atom is -0.226 e. The summed E-state index contributed by atoms with van der Waals surface area (Å²) in [6.07, 6.45) is 0. The van der Waals surface area contributed by atoms with Gasteiger partial charge in [0, 0.05) is 5.57 Å². The minimum atomic E-state index is 0.108. The predicted molar refractivity (Wildman–Crippen MR) is 101 cm³/mol. The van der Waals surface area contributed by atoms with Crippen LogP contribution < -0.4 is 0 Å². The second-order valence-electron chi connectivity index (χ2n) is 5.76. The zero-order chi connectivity index (χ0) is 17.6. The summed E-state index contributed by atoms with van der Waals surface area (Å²) in [6, 6.07) is 28.1. The summed E-state index contributed by atoms with van der Waals surface area (Å²) >= 11 is 0. The summed E-state index contributed by atoms with van der Waals surface area (Å²) in [4.78, 5) is 3.43. The van der Waals surface area contributed by atoms with E-state index in [0.29, 0.717) is 5.57 Å². The van der Waals surface area contributed by atoms with Gasteiger partial charge in [0.05, 0.1) is 12.6 Å². The molecular formula is C23H16N2. The Balaban J connectivity index is 2.09. The summed E-state index contributed by atoms with van der Waals surface area (Å²) in [7, 11) is 0. The molecule has 3 aromatic carbocycles. The standard InChI is InChI=1S/C23H16N2/c1-17-8-10-20(11-9-17)23(22(16-24)25-2)21-14-12-19(13-15-21)18-6-4-3-5-7-18/h3-15H,1H3/b23-22+. The smallest absolute Gasteiger partial charge is 0.226 e. The molecule has 0 unspecified atom stereocenters. The van der Waals surface area contributed by atoms with E-state index in [1.165, 1.54) is 0 Å². The Morgan fingerprint density at radius 1 is 0.800 bits per heavy atom. The molecular weight excluding hydrogens is 304 g/mol. The highest BCUT2D eigenvalue weighted by molar-refractivity contribution is 5.86. The molecule has 25 heavy (non-hydrogen) atoms. The van der Waals surface area contributed by atoms with Crippen LogP contribution in [-0.4, -0.2) is 0 Å². The molecule has 0 aliphatic rings. The number of allylic oxidation sites excluding steroid dienone is 1. The van der Waals surface area contributed by atoms with Crippen LogP contribution in [0.3, 0.4) is 0 Å². The van der Waals surface area contributed by atoms with Gasteiger partial charge in [-0.3, -0.25) is 0 Å². The van der Waals surface area contributed by atoms with Crippen LogP contribution in [0.4, 0.5) is 0 Å². The van der Waals surface area contributed by atoms with Crippen LogP contribution >= 0.6 is 0 Å². The first kappa shape index (κ1) is 16.2. The fourth-order valence-corrected chi connectivity index (χ4v) is 2.76. The van der Waals surface area contributed by atoms with Crippen molar-refractivity contribution in [2.45, 2.75) is 6.92 Å². The lowest BCUT2D eigenvalue weighted by Gasteiger charge is -2.11. The van der Waals surface area contributed by atoms with Gasteiger partial charge in [-0.25, -0.2) is 10.1 Å². The molecule has 0 aliphatic heterocycles. The van der Waals surface area contributed by atoms with E-state index in [1.807, 2.05) is 79.7 Å². The van der Waals surface area contributed by atoms with E-state index in [-0.39, 0.29) is 5.70 Å². The Bertz CT molecular complexity index is 965. The maximum atomic E-state index is 9.38. The fraction of sp³-hybridized carbons (Fsp3) is 0.0435. The van der Waals surface area contributed by atoms with Crippen molar-refractivity contribution < 1.29 is 0 Å². The summed E-state index contributed by atoms with van der Waals surface area (Å²) in [5.74, 6) is 0. The predicted octanol–water partition coefficient (Wildman–Crippen LogP) is 5.86. The highest BCUT2D eigenvalue weighted by Crippen LogP contribution is 2.30. The molecule has 0 saturated carbocycles. The Morgan fingerprint density at radius 3 is 1.84 bits per heavy atom. The van der Waals surface area contributed by atoms with Gasteiger partial charge < -0.3 is 0 Å². The van der Waals surface area contributed by atoms with Crippen molar-refractivity contribution in [3.8, 4) is 17.2 Å². The van der Waals surface area contributed by atoms with Crippen LogP contribution in [0.1, 0.15) is 16.7 Å². The van der Waals surface area contributed by atoms with Crippen molar-refractivity contribution in [2.75, 3.05) is 0 Å². The topological polar surface area (TPSA) is 28.1 Å².